The van der Waals surface area contributed by atoms with Crippen LogP contribution in [0.5, 0.6) is 0 Å². The molecule has 0 saturated carbocycles. The third kappa shape index (κ3) is 6.85. The zero-order valence-electron chi connectivity index (χ0n) is 19.8. The van der Waals surface area contributed by atoms with Crippen molar-refractivity contribution in [2.45, 2.75) is 49.5 Å². The van der Waals surface area contributed by atoms with Gasteiger partial charge in [0.1, 0.15) is 10.8 Å². The Labute approximate surface area is 229 Å². The summed E-state index contributed by atoms with van der Waals surface area (Å²) in [6, 6.07) is 5.77. The highest BCUT2D eigenvalue weighted by Gasteiger charge is 2.39. The fourth-order valence-corrected chi connectivity index (χ4v) is 6.37. The number of aliphatic carboxylic acids is 1. The van der Waals surface area contributed by atoms with Crippen LogP contribution in [0.4, 0.5) is 18.9 Å². The number of pyridine rings is 1. The number of nitrogens with two attached hydrogens (primary N) is 1. The third-order valence-electron chi connectivity index (χ3n) is 5.85. The molecule has 0 amide bonds. The van der Waals surface area contributed by atoms with Crippen molar-refractivity contribution in [3.8, 4) is 12.3 Å². The quantitative estimate of drug-likeness (QED) is 0.146. The monoisotopic (exact) mass is 587 g/mol. The minimum Gasteiger partial charge on any atom is -0.475 e. The van der Waals surface area contributed by atoms with E-state index >= 15 is 0 Å². The zero-order chi connectivity index (χ0) is 28.1. The van der Waals surface area contributed by atoms with Crippen LogP contribution in [-0.4, -0.2) is 45.1 Å². The Hall–Kier alpha value is -2.66. The maximum absolute atomic E-state index is 11.4. The highest BCUT2D eigenvalue weighted by atomic mass is 35.5. The van der Waals surface area contributed by atoms with Crippen molar-refractivity contribution in [1.29, 1.82) is 0 Å². The van der Waals surface area contributed by atoms with E-state index in [-0.39, 0.29) is 18.4 Å². The normalized spacial score (nSPS) is 18.8. The lowest BCUT2D eigenvalue weighted by atomic mass is 9.82. The van der Waals surface area contributed by atoms with Crippen LogP contribution in [-0.2, 0) is 16.9 Å². The molecule has 13 heteroatoms. The van der Waals surface area contributed by atoms with E-state index in [0.29, 0.717) is 22.8 Å². The van der Waals surface area contributed by atoms with Gasteiger partial charge in [-0.15, -0.1) is 35.0 Å². The number of fused-ring (bicyclic) bond motifs is 1. The lowest BCUT2D eigenvalue weighted by Crippen LogP contribution is -2.34. The van der Waals surface area contributed by atoms with E-state index in [1.165, 1.54) is 4.88 Å². The van der Waals surface area contributed by atoms with Gasteiger partial charge in [0.25, 0.3) is 0 Å². The molecule has 0 saturated heterocycles. The van der Waals surface area contributed by atoms with Crippen molar-refractivity contribution in [3.63, 3.8) is 0 Å². The zero-order valence-corrected chi connectivity index (χ0v) is 22.2. The Morgan fingerprint density at radius 2 is 2.03 bits per heavy atom. The van der Waals surface area contributed by atoms with Gasteiger partial charge < -0.3 is 26.4 Å². The Morgan fingerprint density at radius 3 is 2.58 bits per heavy atom. The molecule has 3 heterocycles. The predicted octanol–water partition coefficient (Wildman–Crippen LogP) is 5.22. The lowest BCUT2D eigenvalue weighted by molar-refractivity contribution is -0.192. The smallest absolute Gasteiger partial charge is 0.475 e. The number of nitrogens with one attached hydrogen (secondary N) is 1. The van der Waals surface area contributed by atoms with Gasteiger partial charge in [-0.1, -0.05) is 29.8 Å². The van der Waals surface area contributed by atoms with Crippen LogP contribution >= 0.6 is 34.3 Å². The van der Waals surface area contributed by atoms with Crippen LogP contribution in [0.2, 0.25) is 5.15 Å². The number of terminal acetylenes is 1. The van der Waals surface area contributed by atoms with E-state index in [0.717, 1.165) is 28.1 Å². The topological polar surface area (TPSA) is 129 Å². The number of nitrogens with zero attached hydrogens (tertiary/aromatic N) is 1. The molecule has 6 N–H and O–H groups in total. The fourth-order valence-electron chi connectivity index (χ4n) is 4.02. The number of anilines is 1. The van der Waals surface area contributed by atoms with Crippen LogP contribution in [0.3, 0.4) is 0 Å². The van der Waals surface area contributed by atoms with Gasteiger partial charge in [0.15, 0.2) is 0 Å². The first-order chi connectivity index (χ1) is 17.9. The molecule has 4 rings (SSSR count). The number of alkyl halides is 3. The number of aliphatic hydroxyl groups excluding tert-OH is 1. The van der Waals surface area contributed by atoms with Crippen LogP contribution in [0.15, 0.2) is 35.7 Å². The number of carbonyl (C=O) groups is 1. The van der Waals surface area contributed by atoms with Crippen LogP contribution < -0.4 is 11.1 Å². The van der Waals surface area contributed by atoms with E-state index in [1.807, 2.05) is 11.4 Å². The molecule has 0 fully saturated rings. The maximum atomic E-state index is 11.4. The number of rotatable bonds is 7. The minimum absolute atomic E-state index is 0.000953. The summed E-state index contributed by atoms with van der Waals surface area (Å²) >= 11 is 9.60. The van der Waals surface area contributed by atoms with Crippen molar-refractivity contribution in [3.05, 3.63) is 56.2 Å². The number of halogens is 4. The van der Waals surface area contributed by atoms with E-state index in [9.17, 15) is 23.4 Å². The van der Waals surface area contributed by atoms with Crippen molar-refractivity contribution < 1.29 is 33.3 Å². The summed E-state index contributed by atoms with van der Waals surface area (Å²) in [6.07, 6.45) is 6.12. The third-order valence-corrected chi connectivity index (χ3v) is 8.27. The number of hydrogen-bond acceptors (Lipinski definition) is 8. The average Bonchev–Trinajstić information content (AvgIpc) is 3.51. The molecule has 0 aliphatic heterocycles. The Bertz CT molecular complexity index is 1340. The standard InChI is InChI=1S/C23H24ClN3O2S2.C2HF3O2/c1-2-9-23(29,13-28)19-20-22(31-21(19)15-7-3-4-8-16(15)25)17(11-18(24)27-20)26-12-14-6-5-10-30-14;3-2(4,5)1(6)7/h1,3-6,10-11,15-16,28-29H,7-9,12-13,25H2,(H,26,27);(H,6,7)/t15-,16-,23?;/m0./s1. The molecule has 3 atom stereocenters. The van der Waals surface area contributed by atoms with Crippen molar-refractivity contribution in [2.24, 2.45) is 5.73 Å². The Morgan fingerprint density at radius 1 is 1.34 bits per heavy atom. The Kier molecular flexibility index (Phi) is 9.80. The van der Waals surface area contributed by atoms with Crippen LogP contribution in [0.1, 0.15) is 40.5 Å². The number of hydrogen-bond donors (Lipinski definition) is 5. The number of thiophene rings is 2. The molecule has 0 bridgehead atoms. The minimum atomic E-state index is -5.08. The second-order valence-corrected chi connectivity index (χ2v) is 11.0. The van der Waals surface area contributed by atoms with Crippen LogP contribution in [0.25, 0.3) is 10.2 Å². The highest BCUT2D eigenvalue weighted by Crippen LogP contribution is 2.47. The van der Waals surface area contributed by atoms with E-state index in [2.05, 4.69) is 34.4 Å². The highest BCUT2D eigenvalue weighted by molar-refractivity contribution is 7.20. The van der Waals surface area contributed by atoms with Gasteiger partial charge in [0.05, 0.1) is 22.5 Å². The molecule has 3 aromatic heterocycles. The molecule has 1 aliphatic carbocycles. The van der Waals surface area contributed by atoms with Gasteiger partial charge in [-0.05, 0) is 24.3 Å². The van der Waals surface area contributed by atoms with Gasteiger partial charge in [-0.25, -0.2) is 9.78 Å². The van der Waals surface area contributed by atoms with Gasteiger partial charge in [-0.3, -0.25) is 0 Å². The van der Waals surface area contributed by atoms with Gasteiger partial charge >= 0.3 is 12.1 Å². The molecule has 1 aliphatic rings. The summed E-state index contributed by atoms with van der Waals surface area (Å²) in [5, 5.41) is 34.5. The molecular formula is C25H25ClF3N3O4S2. The molecule has 1 unspecified atom stereocenters. The molecule has 3 aromatic rings. The first-order valence-electron chi connectivity index (χ1n) is 11.3. The SMILES string of the molecule is C#CCC(O)(CO)c1c([C@H]2CC=CC[C@@H]2N)sc2c(NCc3cccs3)cc(Cl)nc12.O=C(O)C(F)(F)F. The molecule has 0 radical (unpaired) electrons. The number of aromatic nitrogens is 1. The number of carboxylic acid groups (broad SMARTS) is 1. The first-order valence-corrected chi connectivity index (χ1v) is 13.4. The molecule has 7 nitrogen and oxygen atoms in total. The lowest BCUT2D eigenvalue weighted by Gasteiger charge is -2.30. The number of carboxylic acids is 1. The van der Waals surface area contributed by atoms with Crippen molar-refractivity contribution in [2.75, 3.05) is 11.9 Å². The van der Waals surface area contributed by atoms with Gasteiger partial charge in [0.2, 0.25) is 0 Å². The summed E-state index contributed by atoms with van der Waals surface area (Å²) in [5.41, 5.74) is 6.79. The summed E-state index contributed by atoms with van der Waals surface area (Å²) in [6.45, 7) is 0.135. The predicted molar refractivity (Wildman–Crippen MR) is 143 cm³/mol. The summed E-state index contributed by atoms with van der Waals surface area (Å²) < 4.78 is 32.6. The van der Waals surface area contributed by atoms with E-state index in [4.69, 9.17) is 33.7 Å². The molecule has 0 spiro atoms. The second kappa shape index (κ2) is 12.5. The Balaban J connectivity index is 0.000000505. The van der Waals surface area contributed by atoms with Gasteiger partial charge in [0, 0.05) is 46.3 Å². The van der Waals surface area contributed by atoms with Gasteiger partial charge in [-0.2, -0.15) is 13.2 Å². The van der Waals surface area contributed by atoms with Crippen LogP contribution in [0, 0.1) is 12.3 Å². The molecular weight excluding hydrogens is 563 g/mol. The van der Waals surface area contributed by atoms with Crippen molar-refractivity contribution in [1.82, 2.24) is 4.98 Å². The molecule has 38 heavy (non-hydrogen) atoms. The molecule has 204 valence electrons. The largest absolute Gasteiger partial charge is 0.490 e. The summed E-state index contributed by atoms with van der Waals surface area (Å²) in [5.74, 6) is -0.257. The van der Waals surface area contributed by atoms with E-state index in [1.54, 1.807) is 28.7 Å². The van der Waals surface area contributed by atoms with Crippen molar-refractivity contribution >= 4 is 56.1 Å². The number of allylic oxidation sites excluding steroid dienone is 1. The summed E-state index contributed by atoms with van der Waals surface area (Å²) in [7, 11) is 0. The van der Waals surface area contributed by atoms with E-state index < -0.39 is 24.4 Å². The second-order valence-electron chi connectivity index (χ2n) is 8.53. The summed E-state index contributed by atoms with van der Waals surface area (Å²) in [4.78, 5) is 15.6. The fraction of sp³-hybridized carbons (Fsp3) is 0.360. The molecule has 0 aromatic carbocycles. The first kappa shape index (κ1) is 29.9. The average molecular weight is 588 g/mol. The maximum Gasteiger partial charge on any atom is 0.490 e. The number of aliphatic hydroxyl groups is 2.